The van der Waals surface area contributed by atoms with Crippen molar-refractivity contribution in [2.75, 3.05) is 0 Å². The van der Waals surface area contributed by atoms with Crippen molar-refractivity contribution >= 4 is 21.8 Å². The van der Waals surface area contributed by atoms with Crippen molar-refractivity contribution in [2.45, 2.75) is 24.9 Å². The van der Waals surface area contributed by atoms with E-state index < -0.39 is 11.7 Å². The van der Waals surface area contributed by atoms with Gasteiger partial charge in [-0.2, -0.15) is 13.2 Å². The zero-order valence-electron chi connectivity index (χ0n) is 17.8. The standard InChI is InChI=1S/C28H21F3N2/c29-28(30,31)23-13-9-19(10-14-23)22(17-24-15-11-20-5-1-3-7-26(20)32-24)18-25-16-12-21-6-2-4-8-27(21)33-25/h1-16,22H,17-18H2. The maximum atomic E-state index is 13.1. The van der Waals surface area contributed by atoms with Crippen LogP contribution in [-0.2, 0) is 19.0 Å². The molecule has 0 amide bonds. The third-order valence-electron chi connectivity index (χ3n) is 5.93. The summed E-state index contributed by atoms with van der Waals surface area (Å²) in [5.74, 6) is -0.0605. The van der Waals surface area contributed by atoms with E-state index in [0.29, 0.717) is 12.8 Å². The lowest BCUT2D eigenvalue weighted by atomic mass is 9.88. The van der Waals surface area contributed by atoms with Crippen molar-refractivity contribution in [1.29, 1.82) is 0 Å². The van der Waals surface area contributed by atoms with Gasteiger partial charge in [-0.15, -0.1) is 0 Å². The third-order valence-corrected chi connectivity index (χ3v) is 5.93. The molecule has 0 saturated heterocycles. The Kier molecular flexibility index (Phi) is 5.55. The van der Waals surface area contributed by atoms with Crippen molar-refractivity contribution in [2.24, 2.45) is 0 Å². The van der Waals surface area contributed by atoms with Gasteiger partial charge in [0.2, 0.25) is 0 Å². The zero-order valence-corrected chi connectivity index (χ0v) is 17.8. The van der Waals surface area contributed by atoms with Crippen LogP contribution in [0.1, 0.15) is 28.4 Å². The van der Waals surface area contributed by atoms with Crippen LogP contribution < -0.4 is 0 Å². The first-order valence-corrected chi connectivity index (χ1v) is 10.8. The van der Waals surface area contributed by atoms with Gasteiger partial charge in [0.1, 0.15) is 0 Å². The molecule has 0 bridgehead atoms. The number of benzene rings is 3. The Hall–Kier alpha value is -3.73. The Morgan fingerprint density at radius 3 is 1.55 bits per heavy atom. The van der Waals surface area contributed by atoms with E-state index in [9.17, 15) is 13.2 Å². The fraction of sp³-hybridized carbons (Fsp3) is 0.143. The highest BCUT2D eigenvalue weighted by atomic mass is 19.4. The second kappa shape index (κ2) is 8.66. The second-order valence-electron chi connectivity index (χ2n) is 8.22. The third kappa shape index (κ3) is 4.72. The maximum Gasteiger partial charge on any atom is 0.416 e. The molecule has 3 aromatic carbocycles. The smallest absolute Gasteiger partial charge is 0.253 e. The minimum atomic E-state index is -4.35. The number of hydrogen-bond acceptors (Lipinski definition) is 2. The van der Waals surface area contributed by atoms with E-state index >= 15 is 0 Å². The fourth-order valence-corrected chi connectivity index (χ4v) is 4.20. The number of aromatic nitrogens is 2. The van der Waals surface area contributed by atoms with E-state index in [4.69, 9.17) is 9.97 Å². The summed E-state index contributed by atoms with van der Waals surface area (Å²) < 4.78 is 39.3. The zero-order chi connectivity index (χ0) is 22.8. The summed E-state index contributed by atoms with van der Waals surface area (Å²) in [6.45, 7) is 0. The van der Waals surface area contributed by atoms with E-state index in [2.05, 4.69) is 0 Å². The van der Waals surface area contributed by atoms with Crippen LogP contribution in [0.2, 0.25) is 0 Å². The molecule has 2 heterocycles. The number of alkyl halides is 3. The molecule has 2 aromatic heterocycles. The molecule has 164 valence electrons. The van der Waals surface area contributed by atoms with Gasteiger partial charge in [0.05, 0.1) is 16.6 Å². The molecule has 33 heavy (non-hydrogen) atoms. The summed E-state index contributed by atoms with van der Waals surface area (Å²) >= 11 is 0. The molecule has 0 unspecified atom stereocenters. The average molecular weight is 442 g/mol. The SMILES string of the molecule is FC(F)(F)c1ccc(C(Cc2ccc3ccccc3n2)Cc2ccc3ccccc3n2)cc1. The van der Waals surface area contributed by atoms with Gasteiger partial charge in [-0.25, -0.2) is 0 Å². The number of halogens is 3. The van der Waals surface area contributed by atoms with Gasteiger partial charge in [0.25, 0.3) is 0 Å². The minimum Gasteiger partial charge on any atom is -0.253 e. The van der Waals surface area contributed by atoms with Gasteiger partial charge in [-0.3, -0.25) is 9.97 Å². The Bertz CT molecular complexity index is 1330. The molecule has 0 spiro atoms. The maximum absolute atomic E-state index is 13.1. The first-order chi connectivity index (χ1) is 16.0. The molecule has 0 fully saturated rings. The Balaban J connectivity index is 1.49. The summed E-state index contributed by atoms with van der Waals surface area (Å²) in [6.07, 6.45) is -3.15. The number of para-hydroxylation sites is 2. The first-order valence-electron chi connectivity index (χ1n) is 10.8. The van der Waals surface area contributed by atoms with Crippen molar-refractivity contribution in [3.8, 4) is 0 Å². The summed E-state index contributed by atoms with van der Waals surface area (Å²) in [4.78, 5) is 9.58. The molecule has 2 nitrogen and oxygen atoms in total. The molecule has 5 rings (SSSR count). The summed E-state index contributed by atoms with van der Waals surface area (Å²) in [5, 5.41) is 2.12. The fourth-order valence-electron chi connectivity index (χ4n) is 4.20. The van der Waals surface area contributed by atoms with Crippen LogP contribution in [0, 0.1) is 0 Å². The highest BCUT2D eigenvalue weighted by Crippen LogP contribution is 2.32. The predicted octanol–water partition coefficient (Wildman–Crippen LogP) is 7.37. The molecule has 5 heteroatoms. The number of pyridine rings is 2. The lowest BCUT2D eigenvalue weighted by Gasteiger charge is -2.18. The molecule has 0 saturated carbocycles. The van der Waals surface area contributed by atoms with Crippen molar-refractivity contribution in [3.05, 3.63) is 120 Å². The molecule has 0 aliphatic rings. The predicted molar refractivity (Wildman–Crippen MR) is 125 cm³/mol. The number of rotatable bonds is 5. The number of nitrogens with zero attached hydrogens (tertiary/aromatic N) is 2. The van der Waals surface area contributed by atoms with Gasteiger partial charge in [0.15, 0.2) is 0 Å². The summed E-state index contributed by atoms with van der Waals surface area (Å²) in [6, 6.07) is 29.3. The monoisotopic (exact) mass is 442 g/mol. The highest BCUT2D eigenvalue weighted by molar-refractivity contribution is 5.79. The van der Waals surface area contributed by atoms with Crippen LogP contribution in [-0.4, -0.2) is 9.97 Å². The molecule has 0 aliphatic carbocycles. The normalized spacial score (nSPS) is 12.0. The quantitative estimate of drug-likeness (QED) is 0.284. The number of fused-ring (bicyclic) bond motifs is 2. The molecule has 0 atom stereocenters. The van der Waals surface area contributed by atoms with Crippen LogP contribution in [0.3, 0.4) is 0 Å². The van der Waals surface area contributed by atoms with Gasteiger partial charge in [-0.05, 0) is 60.7 Å². The molecule has 0 aliphatic heterocycles. The van der Waals surface area contributed by atoms with E-state index in [1.165, 1.54) is 0 Å². The van der Waals surface area contributed by atoms with Crippen LogP contribution in [0.4, 0.5) is 13.2 Å². The minimum absolute atomic E-state index is 0.0605. The van der Waals surface area contributed by atoms with E-state index in [1.54, 1.807) is 12.1 Å². The van der Waals surface area contributed by atoms with E-state index in [1.807, 2.05) is 72.8 Å². The molecule has 0 N–H and O–H groups in total. The Morgan fingerprint density at radius 1 is 0.576 bits per heavy atom. The Labute approximate surface area is 189 Å². The second-order valence-corrected chi connectivity index (χ2v) is 8.22. The molecule has 0 radical (unpaired) electrons. The van der Waals surface area contributed by atoms with Gasteiger partial charge in [0, 0.05) is 22.2 Å². The van der Waals surface area contributed by atoms with E-state index in [0.717, 1.165) is 50.9 Å². The Morgan fingerprint density at radius 2 is 1.06 bits per heavy atom. The van der Waals surface area contributed by atoms with Crippen molar-refractivity contribution in [1.82, 2.24) is 9.97 Å². The summed E-state index contributed by atoms with van der Waals surface area (Å²) in [7, 11) is 0. The lowest BCUT2D eigenvalue weighted by Crippen LogP contribution is -2.10. The topological polar surface area (TPSA) is 25.8 Å². The van der Waals surface area contributed by atoms with Gasteiger partial charge < -0.3 is 0 Å². The van der Waals surface area contributed by atoms with Crippen molar-refractivity contribution in [3.63, 3.8) is 0 Å². The molecule has 5 aromatic rings. The number of hydrogen-bond donors (Lipinski definition) is 0. The van der Waals surface area contributed by atoms with Crippen LogP contribution >= 0.6 is 0 Å². The van der Waals surface area contributed by atoms with Crippen LogP contribution in [0.5, 0.6) is 0 Å². The van der Waals surface area contributed by atoms with Crippen LogP contribution in [0.15, 0.2) is 97.1 Å². The first kappa shape index (κ1) is 21.1. The average Bonchev–Trinajstić information content (AvgIpc) is 2.83. The summed E-state index contributed by atoms with van der Waals surface area (Å²) in [5.41, 5.74) is 3.82. The van der Waals surface area contributed by atoms with E-state index in [-0.39, 0.29) is 5.92 Å². The van der Waals surface area contributed by atoms with Crippen molar-refractivity contribution < 1.29 is 13.2 Å². The van der Waals surface area contributed by atoms with Gasteiger partial charge >= 0.3 is 6.18 Å². The molecular weight excluding hydrogens is 421 g/mol. The largest absolute Gasteiger partial charge is 0.416 e. The molecular formula is C28H21F3N2. The highest BCUT2D eigenvalue weighted by Gasteiger charge is 2.30. The lowest BCUT2D eigenvalue weighted by molar-refractivity contribution is -0.137. The van der Waals surface area contributed by atoms with Gasteiger partial charge in [-0.1, -0.05) is 60.7 Å². The van der Waals surface area contributed by atoms with Crippen LogP contribution in [0.25, 0.3) is 21.8 Å².